The van der Waals surface area contributed by atoms with E-state index in [1.165, 1.54) is 0 Å². The lowest BCUT2D eigenvalue weighted by Gasteiger charge is -2.40. The highest BCUT2D eigenvalue weighted by Crippen LogP contribution is 2.46. The van der Waals surface area contributed by atoms with Gasteiger partial charge in [-0.2, -0.15) is 0 Å². The molecule has 106 valence electrons. The van der Waals surface area contributed by atoms with Gasteiger partial charge in [-0.1, -0.05) is 0 Å². The van der Waals surface area contributed by atoms with Crippen LogP contribution in [0.5, 0.6) is 0 Å². The predicted molar refractivity (Wildman–Crippen MR) is 73.5 cm³/mol. The van der Waals surface area contributed by atoms with Crippen LogP contribution in [-0.4, -0.2) is 34.3 Å². The standard InChI is InChI=1S/C13H25FN2OS/c1-12(2,3)18(17)16-11-8-10(14)9-13(11)4-6-15-7-5-13/h10-11,15-16H,4-9H2,1-3H3/t10-,11+,18?/m0/s1. The van der Waals surface area contributed by atoms with Crippen LogP contribution in [0.4, 0.5) is 4.39 Å². The zero-order valence-corrected chi connectivity index (χ0v) is 12.4. The predicted octanol–water partition coefficient (Wildman–Crippen LogP) is 1.91. The summed E-state index contributed by atoms with van der Waals surface area (Å²) in [7, 11) is -1.11. The summed E-state index contributed by atoms with van der Waals surface area (Å²) in [6.07, 6.45) is 2.39. The van der Waals surface area contributed by atoms with Crippen molar-refractivity contribution < 1.29 is 8.60 Å². The van der Waals surface area contributed by atoms with Gasteiger partial charge < -0.3 is 5.32 Å². The van der Waals surface area contributed by atoms with Crippen LogP contribution in [0, 0.1) is 5.41 Å². The smallest absolute Gasteiger partial charge is 0.102 e. The molecular formula is C13H25FN2OS. The lowest BCUT2D eigenvalue weighted by atomic mass is 9.75. The van der Waals surface area contributed by atoms with Crippen molar-refractivity contribution >= 4 is 11.0 Å². The van der Waals surface area contributed by atoms with E-state index in [1.54, 1.807) is 0 Å². The zero-order chi connectivity index (χ0) is 13.4. The van der Waals surface area contributed by atoms with E-state index in [0.29, 0.717) is 12.8 Å². The second-order valence-corrected chi connectivity index (χ2v) is 8.70. The third-order valence-corrected chi connectivity index (χ3v) is 5.87. The Bertz CT molecular complexity index is 323. The molecule has 1 spiro atoms. The Labute approximate surface area is 112 Å². The first-order chi connectivity index (χ1) is 8.33. The van der Waals surface area contributed by atoms with Crippen LogP contribution >= 0.6 is 0 Å². The molecule has 0 amide bonds. The van der Waals surface area contributed by atoms with Gasteiger partial charge in [0.05, 0.1) is 15.7 Å². The van der Waals surface area contributed by atoms with Crippen molar-refractivity contribution in [3.05, 3.63) is 0 Å². The van der Waals surface area contributed by atoms with E-state index in [2.05, 4.69) is 10.0 Å². The molecule has 0 radical (unpaired) electrons. The lowest BCUT2D eigenvalue weighted by molar-refractivity contribution is 0.165. The maximum absolute atomic E-state index is 13.8. The lowest BCUT2D eigenvalue weighted by Crippen LogP contribution is -2.50. The van der Waals surface area contributed by atoms with Crippen LogP contribution in [0.3, 0.4) is 0 Å². The molecule has 1 aliphatic heterocycles. The molecule has 1 saturated carbocycles. The van der Waals surface area contributed by atoms with Gasteiger partial charge in [0, 0.05) is 6.04 Å². The number of rotatable bonds is 2. The number of piperidine rings is 1. The fraction of sp³-hybridized carbons (Fsp3) is 1.00. The van der Waals surface area contributed by atoms with E-state index in [0.717, 1.165) is 25.9 Å². The molecule has 3 nitrogen and oxygen atoms in total. The molecule has 0 aromatic rings. The van der Waals surface area contributed by atoms with E-state index < -0.39 is 17.2 Å². The monoisotopic (exact) mass is 276 g/mol. The summed E-state index contributed by atoms with van der Waals surface area (Å²) in [5, 5.41) is 3.33. The van der Waals surface area contributed by atoms with Crippen molar-refractivity contribution in [1.29, 1.82) is 0 Å². The minimum atomic E-state index is -1.11. The van der Waals surface area contributed by atoms with Gasteiger partial charge in [0.25, 0.3) is 0 Å². The molecule has 2 fully saturated rings. The Morgan fingerprint density at radius 3 is 2.50 bits per heavy atom. The summed E-state index contributed by atoms with van der Waals surface area (Å²) in [4.78, 5) is 0. The number of nitrogens with one attached hydrogen (secondary N) is 2. The van der Waals surface area contributed by atoms with E-state index >= 15 is 0 Å². The quantitative estimate of drug-likeness (QED) is 0.809. The molecule has 0 aromatic heterocycles. The van der Waals surface area contributed by atoms with Gasteiger partial charge in [0.15, 0.2) is 0 Å². The highest BCUT2D eigenvalue weighted by Gasteiger charge is 2.48. The van der Waals surface area contributed by atoms with Gasteiger partial charge in [-0.05, 0) is 65.0 Å². The third-order valence-electron chi connectivity index (χ3n) is 4.26. The van der Waals surface area contributed by atoms with Crippen molar-refractivity contribution in [2.75, 3.05) is 13.1 Å². The maximum Gasteiger partial charge on any atom is 0.102 e. The van der Waals surface area contributed by atoms with Gasteiger partial charge in [0.2, 0.25) is 0 Å². The largest absolute Gasteiger partial charge is 0.317 e. The van der Waals surface area contributed by atoms with Crippen LogP contribution in [0.25, 0.3) is 0 Å². The summed E-state index contributed by atoms with van der Waals surface area (Å²) < 4.78 is 28.9. The average Bonchev–Trinajstić information content (AvgIpc) is 2.54. The Balaban J connectivity index is 2.08. The molecule has 1 heterocycles. The summed E-state index contributed by atoms with van der Waals surface area (Å²) in [6, 6.07) is 0.0645. The molecule has 3 atom stereocenters. The Hall–Kier alpha value is -0.0000000000000000486. The highest BCUT2D eigenvalue weighted by molar-refractivity contribution is 7.84. The topological polar surface area (TPSA) is 41.1 Å². The highest BCUT2D eigenvalue weighted by atomic mass is 32.2. The van der Waals surface area contributed by atoms with Gasteiger partial charge >= 0.3 is 0 Å². The molecule has 1 aliphatic carbocycles. The van der Waals surface area contributed by atoms with E-state index in [9.17, 15) is 8.60 Å². The first-order valence-corrected chi connectivity index (χ1v) is 8.01. The van der Waals surface area contributed by atoms with Crippen molar-refractivity contribution in [3.8, 4) is 0 Å². The molecular weight excluding hydrogens is 251 g/mol. The maximum atomic E-state index is 13.8. The van der Waals surface area contributed by atoms with Crippen LogP contribution in [0.1, 0.15) is 46.5 Å². The second kappa shape index (κ2) is 5.17. The first-order valence-electron chi connectivity index (χ1n) is 6.86. The molecule has 0 bridgehead atoms. The molecule has 1 unspecified atom stereocenters. The normalized spacial score (nSPS) is 33.8. The molecule has 2 aliphatic rings. The zero-order valence-electron chi connectivity index (χ0n) is 11.6. The molecule has 2 rings (SSSR count). The minimum absolute atomic E-state index is 0.0194. The number of alkyl halides is 1. The number of hydrogen-bond donors (Lipinski definition) is 2. The Morgan fingerprint density at radius 2 is 1.94 bits per heavy atom. The minimum Gasteiger partial charge on any atom is -0.317 e. The molecule has 2 N–H and O–H groups in total. The Morgan fingerprint density at radius 1 is 1.33 bits per heavy atom. The summed E-state index contributed by atoms with van der Waals surface area (Å²) in [5.41, 5.74) is 0.0194. The van der Waals surface area contributed by atoms with E-state index in [1.807, 2.05) is 20.8 Å². The van der Waals surface area contributed by atoms with Crippen LogP contribution in [-0.2, 0) is 11.0 Å². The second-order valence-electron chi connectivity index (χ2n) is 6.70. The van der Waals surface area contributed by atoms with E-state index in [4.69, 9.17) is 0 Å². The van der Waals surface area contributed by atoms with Gasteiger partial charge in [0.1, 0.15) is 6.17 Å². The van der Waals surface area contributed by atoms with Crippen molar-refractivity contribution in [1.82, 2.24) is 10.0 Å². The fourth-order valence-corrected chi connectivity index (χ4v) is 4.09. The third kappa shape index (κ3) is 2.94. The molecule has 18 heavy (non-hydrogen) atoms. The van der Waals surface area contributed by atoms with Gasteiger partial charge in [-0.15, -0.1) is 0 Å². The fourth-order valence-electron chi connectivity index (χ4n) is 3.13. The Kier molecular flexibility index (Phi) is 4.14. The molecule has 0 aromatic carbocycles. The molecule has 5 heteroatoms. The summed E-state index contributed by atoms with van der Waals surface area (Å²) in [5.74, 6) is 0. The average molecular weight is 276 g/mol. The summed E-state index contributed by atoms with van der Waals surface area (Å²) in [6.45, 7) is 7.76. The van der Waals surface area contributed by atoms with Crippen molar-refractivity contribution in [2.45, 2.75) is 63.4 Å². The summed E-state index contributed by atoms with van der Waals surface area (Å²) >= 11 is 0. The SMILES string of the molecule is CC(C)(C)S(=O)N[C@@H]1C[C@H](F)CC12CCNCC2. The van der Waals surface area contributed by atoms with E-state index in [-0.39, 0.29) is 16.2 Å². The van der Waals surface area contributed by atoms with Gasteiger partial charge in [-0.25, -0.2) is 13.3 Å². The van der Waals surface area contributed by atoms with Crippen LogP contribution in [0.15, 0.2) is 0 Å². The van der Waals surface area contributed by atoms with Crippen LogP contribution in [0.2, 0.25) is 0 Å². The van der Waals surface area contributed by atoms with Crippen molar-refractivity contribution in [3.63, 3.8) is 0 Å². The van der Waals surface area contributed by atoms with Crippen molar-refractivity contribution in [2.24, 2.45) is 5.41 Å². The first kappa shape index (κ1) is 14.4. The van der Waals surface area contributed by atoms with Crippen LogP contribution < -0.4 is 10.0 Å². The number of halogens is 1. The van der Waals surface area contributed by atoms with Gasteiger partial charge in [-0.3, -0.25) is 0 Å². The number of hydrogen-bond acceptors (Lipinski definition) is 2. The molecule has 1 saturated heterocycles.